The van der Waals surface area contributed by atoms with E-state index in [0.717, 1.165) is 18.0 Å². The molecule has 0 radical (unpaired) electrons. The highest BCUT2D eigenvalue weighted by atomic mass is 32.2. The van der Waals surface area contributed by atoms with Crippen molar-refractivity contribution in [3.05, 3.63) is 12.0 Å². The van der Waals surface area contributed by atoms with Gasteiger partial charge in [0.15, 0.2) is 5.82 Å². The summed E-state index contributed by atoms with van der Waals surface area (Å²) < 4.78 is 17.7. The van der Waals surface area contributed by atoms with Gasteiger partial charge in [-0.1, -0.05) is 11.8 Å². The molecule has 0 bridgehead atoms. The maximum absolute atomic E-state index is 13.1. The minimum Gasteiger partial charge on any atom is -0.465 e. The molecular formula is C8H10FN3O2S. The summed E-state index contributed by atoms with van der Waals surface area (Å²) in [6, 6.07) is 0. The van der Waals surface area contributed by atoms with Crippen LogP contribution < -0.4 is 5.73 Å². The molecule has 0 saturated carbocycles. The molecular weight excluding hydrogens is 221 g/mol. The number of nitrogens with two attached hydrogens (primary N) is 1. The Morgan fingerprint density at radius 2 is 2.47 bits per heavy atom. The molecule has 1 heterocycles. The number of rotatable bonds is 4. The molecule has 1 rings (SSSR count). The highest BCUT2D eigenvalue weighted by Crippen LogP contribution is 2.19. The van der Waals surface area contributed by atoms with Gasteiger partial charge in [0.2, 0.25) is 5.95 Å². The Balaban J connectivity index is 2.57. The topological polar surface area (TPSA) is 78.1 Å². The first kappa shape index (κ1) is 11.7. The van der Waals surface area contributed by atoms with Crippen LogP contribution in [-0.2, 0) is 9.53 Å². The Morgan fingerprint density at radius 1 is 1.73 bits per heavy atom. The second kappa shape index (κ2) is 5.50. The Morgan fingerprint density at radius 3 is 3.13 bits per heavy atom. The first-order chi connectivity index (χ1) is 7.13. The highest BCUT2D eigenvalue weighted by molar-refractivity contribution is 7.99. The number of halogens is 1. The fourth-order valence-corrected chi connectivity index (χ4v) is 1.48. The molecule has 0 unspecified atom stereocenters. The van der Waals surface area contributed by atoms with Crippen molar-refractivity contribution in [3.8, 4) is 0 Å². The summed E-state index contributed by atoms with van der Waals surface area (Å²) in [6.07, 6.45) is 0.968. The van der Waals surface area contributed by atoms with Gasteiger partial charge in [-0.05, 0) is 6.92 Å². The fraction of sp³-hybridized carbons (Fsp3) is 0.375. The number of nitrogens with zero attached hydrogens (tertiary/aromatic N) is 2. The molecule has 15 heavy (non-hydrogen) atoms. The van der Waals surface area contributed by atoms with Crippen molar-refractivity contribution in [3.63, 3.8) is 0 Å². The summed E-state index contributed by atoms with van der Waals surface area (Å²) in [5.41, 5.74) is 5.27. The van der Waals surface area contributed by atoms with Gasteiger partial charge >= 0.3 is 5.97 Å². The van der Waals surface area contributed by atoms with Crippen LogP contribution in [0.1, 0.15) is 6.92 Å². The Bertz CT molecular complexity index is 362. The molecule has 2 N–H and O–H groups in total. The smallest absolute Gasteiger partial charge is 0.316 e. The maximum atomic E-state index is 13.1. The third kappa shape index (κ3) is 3.70. The second-order valence-electron chi connectivity index (χ2n) is 2.47. The van der Waals surface area contributed by atoms with E-state index in [-0.39, 0.29) is 16.7 Å². The number of carbonyl (C=O) groups excluding carboxylic acids is 1. The number of nitrogen functional groups attached to an aromatic ring is 1. The molecule has 7 heteroatoms. The number of anilines is 1. The second-order valence-corrected chi connectivity index (χ2v) is 3.44. The Labute approximate surface area is 90.2 Å². The maximum Gasteiger partial charge on any atom is 0.316 e. The van der Waals surface area contributed by atoms with E-state index in [1.807, 2.05) is 0 Å². The van der Waals surface area contributed by atoms with Gasteiger partial charge in [-0.2, -0.15) is 0 Å². The summed E-state index contributed by atoms with van der Waals surface area (Å²) in [4.78, 5) is 18.1. The number of aromatic nitrogens is 2. The van der Waals surface area contributed by atoms with Gasteiger partial charge < -0.3 is 10.5 Å². The number of ether oxygens (including phenoxy) is 1. The van der Waals surface area contributed by atoms with E-state index in [1.165, 1.54) is 0 Å². The van der Waals surface area contributed by atoms with Crippen molar-refractivity contribution >= 4 is 23.7 Å². The van der Waals surface area contributed by atoms with Gasteiger partial charge in [0.25, 0.3) is 0 Å². The van der Waals surface area contributed by atoms with Crippen molar-refractivity contribution in [2.75, 3.05) is 18.1 Å². The van der Waals surface area contributed by atoms with Crippen LogP contribution in [0.15, 0.2) is 11.2 Å². The van der Waals surface area contributed by atoms with Crippen LogP contribution in [0, 0.1) is 5.82 Å². The lowest BCUT2D eigenvalue weighted by molar-refractivity contribution is -0.139. The predicted octanol–water partition coefficient (Wildman–Crippen LogP) is 0.853. The quantitative estimate of drug-likeness (QED) is 0.470. The first-order valence-corrected chi connectivity index (χ1v) is 5.18. The zero-order valence-electron chi connectivity index (χ0n) is 8.07. The number of thioether (sulfide) groups is 1. The van der Waals surface area contributed by atoms with Gasteiger partial charge in [-0.25, -0.2) is 14.4 Å². The third-order valence-electron chi connectivity index (χ3n) is 1.36. The molecule has 1 aromatic heterocycles. The van der Waals surface area contributed by atoms with Crippen LogP contribution in [0.4, 0.5) is 10.3 Å². The van der Waals surface area contributed by atoms with Crippen molar-refractivity contribution in [2.24, 2.45) is 0 Å². The lowest BCUT2D eigenvalue weighted by atomic mass is 10.6. The molecule has 0 aliphatic heterocycles. The minimum atomic E-state index is -0.599. The van der Waals surface area contributed by atoms with Crippen LogP contribution in [0.5, 0.6) is 0 Å². The first-order valence-electron chi connectivity index (χ1n) is 4.20. The average molecular weight is 231 g/mol. The zero-order valence-corrected chi connectivity index (χ0v) is 8.88. The Kier molecular flexibility index (Phi) is 4.29. The number of hydrogen-bond donors (Lipinski definition) is 1. The van der Waals surface area contributed by atoms with Crippen LogP contribution >= 0.6 is 11.8 Å². The molecule has 0 aromatic carbocycles. The lowest BCUT2D eigenvalue weighted by Crippen LogP contribution is -2.07. The summed E-state index contributed by atoms with van der Waals surface area (Å²) in [7, 11) is 0. The van der Waals surface area contributed by atoms with Crippen molar-refractivity contribution in [2.45, 2.75) is 11.9 Å². The number of esters is 1. The molecule has 0 aliphatic carbocycles. The zero-order chi connectivity index (χ0) is 11.3. The fourth-order valence-electron chi connectivity index (χ4n) is 0.795. The van der Waals surface area contributed by atoms with Gasteiger partial charge in [0, 0.05) is 0 Å². The average Bonchev–Trinajstić information content (AvgIpc) is 2.20. The normalized spacial score (nSPS) is 10.0. The summed E-state index contributed by atoms with van der Waals surface area (Å²) in [5, 5.41) is 0.0514. The van der Waals surface area contributed by atoms with Crippen molar-refractivity contribution in [1.82, 2.24) is 9.97 Å². The molecule has 0 fully saturated rings. The van der Waals surface area contributed by atoms with Gasteiger partial charge in [-0.3, -0.25) is 4.79 Å². The van der Waals surface area contributed by atoms with E-state index in [9.17, 15) is 9.18 Å². The molecule has 5 nitrogen and oxygen atoms in total. The Hall–Kier alpha value is -1.37. The van der Waals surface area contributed by atoms with Crippen LogP contribution in [0.2, 0.25) is 0 Å². The molecule has 0 saturated heterocycles. The molecule has 0 aliphatic rings. The standard InChI is InChI=1S/C8H10FN3O2S/c1-2-14-6(13)4-15-7-5(9)3-11-8(10)12-7/h3H,2,4H2,1H3,(H2,10,11,12). The van der Waals surface area contributed by atoms with Gasteiger partial charge in [0.1, 0.15) is 5.03 Å². The van der Waals surface area contributed by atoms with E-state index in [1.54, 1.807) is 6.92 Å². The molecule has 82 valence electrons. The van der Waals surface area contributed by atoms with Gasteiger partial charge in [-0.15, -0.1) is 0 Å². The largest absolute Gasteiger partial charge is 0.465 e. The summed E-state index contributed by atoms with van der Waals surface area (Å²) >= 11 is 0.929. The highest BCUT2D eigenvalue weighted by Gasteiger charge is 2.09. The monoisotopic (exact) mass is 231 g/mol. The van der Waals surface area contributed by atoms with Crippen LogP contribution in [0.25, 0.3) is 0 Å². The van der Waals surface area contributed by atoms with E-state index in [2.05, 4.69) is 14.7 Å². The van der Waals surface area contributed by atoms with Crippen molar-refractivity contribution < 1.29 is 13.9 Å². The number of hydrogen-bond acceptors (Lipinski definition) is 6. The minimum absolute atomic E-state index is 0.00120. The number of carbonyl (C=O) groups is 1. The molecule has 0 amide bonds. The molecule has 1 aromatic rings. The summed E-state index contributed by atoms with van der Waals surface area (Å²) in [6.45, 7) is 2.00. The predicted molar refractivity (Wildman–Crippen MR) is 53.8 cm³/mol. The molecule has 0 atom stereocenters. The van der Waals surface area contributed by atoms with Crippen molar-refractivity contribution in [1.29, 1.82) is 0 Å². The van der Waals surface area contributed by atoms with E-state index < -0.39 is 11.8 Å². The van der Waals surface area contributed by atoms with E-state index >= 15 is 0 Å². The van der Waals surface area contributed by atoms with Gasteiger partial charge in [0.05, 0.1) is 18.6 Å². The lowest BCUT2D eigenvalue weighted by Gasteiger charge is -2.02. The molecule has 0 spiro atoms. The van der Waals surface area contributed by atoms with Crippen LogP contribution in [0.3, 0.4) is 0 Å². The summed E-state index contributed by atoms with van der Waals surface area (Å²) in [5.74, 6) is -1.04. The third-order valence-corrected chi connectivity index (χ3v) is 2.30. The van der Waals surface area contributed by atoms with E-state index in [0.29, 0.717) is 6.61 Å². The van der Waals surface area contributed by atoms with Crippen LogP contribution in [-0.4, -0.2) is 28.3 Å². The SMILES string of the molecule is CCOC(=O)CSc1nc(N)ncc1F. The van der Waals surface area contributed by atoms with E-state index in [4.69, 9.17) is 5.73 Å².